The van der Waals surface area contributed by atoms with Gasteiger partial charge in [-0.15, -0.1) is 5.10 Å². The highest BCUT2D eigenvalue weighted by atomic mass is 32.2. The van der Waals surface area contributed by atoms with Crippen molar-refractivity contribution in [2.75, 3.05) is 5.32 Å². The summed E-state index contributed by atoms with van der Waals surface area (Å²) in [6.07, 6.45) is -5.00. The van der Waals surface area contributed by atoms with Crippen LogP contribution in [0, 0.1) is 10.1 Å². The zero-order valence-electron chi connectivity index (χ0n) is 16.9. The van der Waals surface area contributed by atoms with Crippen LogP contribution in [0.5, 0.6) is 0 Å². The van der Waals surface area contributed by atoms with Crippen molar-refractivity contribution in [2.45, 2.75) is 24.8 Å². The van der Waals surface area contributed by atoms with E-state index in [0.717, 1.165) is 23.9 Å². The third-order valence-electron chi connectivity index (χ3n) is 4.44. The van der Waals surface area contributed by atoms with Crippen molar-refractivity contribution >= 4 is 45.8 Å². The number of nitro benzene ring substituents is 1. The van der Waals surface area contributed by atoms with E-state index in [1.807, 2.05) is 0 Å². The van der Waals surface area contributed by atoms with Crippen molar-refractivity contribution in [3.05, 3.63) is 69.8 Å². The molecule has 9 nitrogen and oxygen atoms in total. The van der Waals surface area contributed by atoms with Crippen LogP contribution >= 0.6 is 11.8 Å². The van der Waals surface area contributed by atoms with Gasteiger partial charge in [-0.25, -0.2) is 0 Å². The van der Waals surface area contributed by atoms with E-state index in [-0.39, 0.29) is 17.3 Å². The van der Waals surface area contributed by atoms with Crippen LogP contribution in [0.25, 0.3) is 0 Å². The molecule has 1 aliphatic heterocycles. The van der Waals surface area contributed by atoms with Gasteiger partial charge in [0.2, 0.25) is 11.8 Å². The number of alkyl halides is 3. The minimum absolute atomic E-state index is 0.0737. The predicted molar refractivity (Wildman–Crippen MR) is 117 cm³/mol. The summed E-state index contributed by atoms with van der Waals surface area (Å²) in [7, 11) is 0. The maximum atomic E-state index is 13.1. The Morgan fingerprint density at radius 1 is 1.21 bits per heavy atom. The Morgan fingerprint density at radius 3 is 2.52 bits per heavy atom. The number of amides is 2. The first-order valence-corrected chi connectivity index (χ1v) is 10.2. The van der Waals surface area contributed by atoms with Crippen molar-refractivity contribution in [1.82, 2.24) is 5.32 Å². The molecule has 2 aromatic rings. The second kappa shape index (κ2) is 9.81. The lowest BCUT2D eigenvalue weighted by molar-refractivity contribution is -0.384. The van der Waals surface area contributed by atoms with Crippen LogP contribution in [0.3, 0.4) is 0 Å². The summed E-state index contributed by atoms with van der Waals surface area (Å²) in [5, 5.41) is 22.5. The van der Waals surface area contributed by atoms with Crippen LogP contribution in [0.4, 0.5) is 24.5 Å². The minimum Gasteiger partial charge on any atom is -0.325 e. The predicted octanol–water partition coefficient (Wildman–Crippen LogP) is 3.95. The monoisotopic (exact) mass is 479 g/mol. The molecule has 2 N–H and O–H groups in total. The number of hydrogen-bond acceptors (Lipinski definition) is 7. The van der Waals surface area contributed by atoms with E-state index in [4.69, 9.17) is 0 Å². The summed E-state index contributed by atoms with van der Waals surface area (Å²) in [6, 6.07) is 10.2. The molecule has 2 amide bonds. The first-order valence-electron chi connectivity index (χ1n) is 9.35. The van der Waals surface area contributed by atoms with E-state index in [0.29, 0.717) is 11.3 Å². The molecule has 1 aliphatic rings. The highest BCUT2D eigenvalue weighted by Crippen LogP contribution is 2.34. The number of nitro groups is 1. The maximum absolute atomic E-state index is 13.1. The fourth-order valence-electron chi connectivity index (χ4n) is 2.80. The normalized spacial score (nSPS) is 17.7. The molecular formula is C20H16F3N5O4S. The number of para-hydroxylation sites is 1. The van der Waals surface area contributed by atoms with Crippen molar-refractivity contribution in [3.63, 3.8) is 0 Å². The quantitative estimate of drug-likeness (QED) is 0.369. The molecule has 2 aromatic carbocycles. The lowest BCUT2D eigenvalue weighted by Gasteiger charge is -2.14. The number of nitrogens with one attached hydrogen (secondary N) is 2. The number of benzene rings is 2. The second-order valence-electron chi connectivity index (χ2n) is 6.79. The van der Waals surface area contributed by atoms with Crippen LogP contribution in [-0.4, -0.2) is 32.9 Å². The van der Waals surface area contributed by atoms with E-state index in [9.17, 15) is 32.9 Å². The number of halogens is 3. The van der Waals surface area contributed by atoms with Crippen LogP contribution in [0.1, 0.15) is 24.5 Å². The number of anilines is 1. The molecule has 0 aromatic heterocycles. The Morgan fingerprint density at radius 2 is 1.88 bits per heavy atom. The maximum Gasteiger partial charge on any atom is 0.418 e. The summed E-state index contributed by atoms with van der Waals surface area (Å²) >= 11 is 0.921. The molecule has 172 valence electrons. The molecular weight excluding hydrogens is 463 g/mol. The third kappa shape index (κ3) is 6.16. The van der Waals surface area contributed by atoms with Gasteiger partial charge in [0.15, 0.2) is 5.17 Å². The molecule has 1 fully saturated rings. The number of thioether (sulfide) groups is 1. The first kappa shape index (κ1) is 23.9. The smallest absolute Gasteiger partial charge is 0.325 e. The molecule has 13 heteroatoms. The average molecular weight is 479 g/mol. The average Bonchev–Trinajstić information content (AvgIpc) is 3.10. The topological polar surface area (TPSA) is 126 Å². The summed E-state index contributed by atoms with van der Waals surface area (Å²) in [4.78, 5) is 34.6. The highest BCUT2D eigenvalue weighted by molar-refractivity contribution is 8.15. The number of nitrogens with zero attached hydrogens (tertiary/aromatic N) is 3. The van der Waals surface area contributed by atoms with E-state index >= 15 is 0 Å². The molecule has 0 aliphatic carbocycles. The standard InChI is InChI=1S/C20H16F3N5O4S/c1-11(12-6-8-13(9-7-12)28(31)32)26-27-19-25-18(30)16(33-19)10-17(29)24-15-5-3-2-4-14(15)20(21,22)23/h2-9,16H,10H2,1H3,(H,24,29)(H,25,27,30)/b26-11-/t16-/m1/s1. The van der Waals surface area contributed by atoms with Crippen molar-refractivity contribution in [2.24, 2.45) is 10.2 Å². The number of hydrogen-bond donors (Lipinski definition) is 2. The summed E-state index contributed by atoms with van der Waals surface area (Å²) < 4.78 is 39.2. The molecule has 3 rings (SSSR count). The Balaban J connectivity index is 1.63. The first-order chi connectivity index (χ1) is 15.5. The van der Waals surface area contributed by atoms with Gasteiger partial charge in [0.1, 0.15) is 5.25 Å². The van der Waals surface area contributed by atoms with Gasteiger partial charge in [-0.05, 0) is 36.8 Å². The Hall–Kier alpha value is -3.74. The van der Waals surface area contributed by atoms with Crippen LogP contribution in [0.2, 0.25) is 0 Å². The number of rotatable bonds is 6. The lowest BCUT2D eigenvalue weighted by atomic mass is 10.1. The Bertz CT molecular complexity index is 1150. The molecule has 33 heavy (non-hydrogen) atoms. The SMILES string of the molecule is C/C(=N/N=C1\NC(=O)[C@@H](CC(=O)Nc2ccccc2C(F)(F)F)S1)c1ccc([N+](=O)[O-])cc1. The molecule has 1 saturated heterocycles. The van der Waals surface area contributed by atoms with E-state index in [1.165, 1.54) is 36.4 Å². The van der Waals surface area contributed by atoms with Gasteiger partial charge in [0, 0.05) is 18.6 Å². The van der Waals surface area contributed by atoms with Gasteiger partial charge < -0.3 is 10.6 Å². The van der Waals surface area contributed by atoms with Crippen molar-refractivity contribution < 1.29 is 27.7 Å². The number of non-ortho nitro benzene ring substituents is 1. The number of carbonyl (C=O) groups excluding carboxylic acids is 2. The van der Waals surface area contributed by atoms with Gasteiger partial charge >= 0.3 is 6.18 Å². The van der Waals surface area contributed by atoms with E-state index in [2.05, 4.69) is 20.8 Å². The Kier molecular flexibility index (Phi) is 7.11. The molecule has 0 bridgehead atoms. The molecule has 0 spiro atoms. The van der Waals surface area contributed by atoms with E-state index in [1.54, 1.807) is 6.92 Å². The van der Waals surface area contributed by atoms with Gasteiger partial charge in [0.25, 0.3) is 5.69 Å². The fraction of sp³-hybridized carbons (Fsp3) is 0.200. The van der Waals surface area contributed by atoms with Gasteiger partial charge in [0.05, 0.1) is 21.9 Å². The summed E-state index contributed by atoms with van der Waals surface area (Å²) in [5.74, 6) is -1.28. The van der Waals surface area contributed by atoms with Gasteiger partial charge in [-0.2, -0.15) is 18.3 Å². The van der Waals surface area contributed by atoms with E-state index < -0.39 is 39.4 Å². The largest absolute Gasteiger partial charge is 0.418 e. The zero-order valence-corrected chi connectivity index (χ0v) is 17.7. The molecule has 0 radical (unpaired) electrons. The fourth-order valence-corrected chi connectivity index (χ4v) is 3.72. The summed E-state index contributed by atoms with van der Waals surface area (Å²) in [5.41, 5.74) is -0.443. The van der Waals surface area contributed by atoms with Crippen LogP contribution in [0.15, 0.2) is 58.7 Å². The third-order valence-corrected chi connectivity index (χ3v) is 5.51. The highest BCUT2D eigenvalue weighted by Gasteiger charge is 2.35. The van der Waals surface area contributed by atoms with Crippen molar-refractivity contribution in [3.8, 4) is 0 Å². The molecule has 1 atom stereocenters. The Labute approximate surface area is 189 Å². The molecule has 0 saturated carbocycles. The summed E-state index contributed by atoms with van der Waals surface area (Å²) in [6.45, 7) is 1.62. The van der Waals surface area contributed by atoms with Gasteiger partial charge in [-0.1, -0.05) is 23.9 Å². The number of carbonyl (C=O) groups is 2. The van der Waals surface area contributed by atoms with Crippen LogP contribution in [-0.2, 0) is 15.8 Å². The zero-order chi connectivity index (χ0) is 24.2. The van der Waals surface area contributed by atoms with Crippen LogP contribution < -0.4 is 10.6 Å². The lowest BCUT2D eigenvalue weighted by Crippen LogP contribution is -2.28. The molecule has 0 unspecified atom stereocenters. The van der Waals surface area contributed by atoms with Crippen molar-refractivity contribution in [1.29, 1.82) is 0 Å². The minimum atomic E-state index is -4.64. The second-order valence-corrected chi connectivity index (χ2v) is 7.98. The number of amidine groups is 1. The molecule has 1 heterocycles. The van der Waals surface area contributed by atoms with Gasteiger partial charge in [-0.3, -0.25) is 19.7 Å².